The number of hydrogen-bond acceptors (Lipinski definition) is 4. The molecular weight excluding hydrogens is 534 g/mol. The van der Waals surface area contributed by atoms with E-state index in [4.69, 9.17) is 11.6 Å². The lowest BCUT2D eigenvalue weighted by molar-refractivity contribution is -0.140. The van der Waals surface area contributed by atoms with E-state index in [-0.39, 0.29) is 17.3 Å². The number of nitrogens with one attached hydrogen (secondary N) is 1. The molecule has 0 bridgehead atoms. The number of hydrogen-bond donors (Lipinski definition) is 1. The van der Waals surface area contributed by atoms with Crippen molar-refractivity contribution in [3.8, 4) is 0 Å². The summed E-state index contributed by atoms with van der Waals surface area (Å²) in [6.45, 7) is 5.81. The molecule has 0 radical (unpaired) electrons. The fourth-order valence-corrected chi connectivity index (χ4v) is 5.81. The molecule has 0 aliphatic rings. The first-order chi connectivity index (χ1) is 18.7. The van der Waals surface area contributed by atoms with Gasteiger partial charge in [-0.05, 0) is 55.7 Å². The Bertz CT molecular complexity index is 1350. The molecule has 1 N–H and O–H groups in total. The number of anilines is 1. The first-order valence-electron chi connectivity index (χ1n) is 13.1. The Hall–Kier alpha value is -3.36. The van der Waals surface area contributed by atoms with Crippen molar-refractivity contribution < 1.29 is 18.0 Å². The summed E-state index contributed by atoms with van der Waals surface area (Å²) in [7, 11) is -4.09. The Balaban J connectivity index is 2.02. The van der Waals surface area contributed by atoms with Crippen LogP contribution >= 0.6 is 11.6 Å². The van der Waals surface area contributed by atoms with Gasteiger partial charge in [-0.1, -0.05) is 86.0 Å². The zero-order valence-electron chi connectivity index (χ0n) is 22.6. The minimum absolute atomic E-state index is 0.0609. The van der Waals surface area contributed by atoms with Gasteiger partial charge in [-0.2, -0.15) is 0 Å². The molecule has 0 saturated carbocycles. The number of sulfonamides is 1. The first kappa shape index (κ1) is 30.2. The van der Waals surface area contributed by atoms with Crippen LogP contribution in [0.3, 0.4) is 0 Å². The van der Waals surface area contributed by atoms with E-state index in [9.17, 15) is 18.0 Å². The Morgan fingerprint density at radius 3 is 2.18 bits per heavy atom. The summed E-state index contributed by atoms with van der Waals surface area (Å²) in [5.74, 6) is -0.786. The lowest BCUT2D eigenvalue weighted by Gasteiger charge is -2.33. The highest BCUT2D eigenvalue weighted by Crippen LogP contribution is 2.25. The van der Waals surface area contributed by atoms with Crippen LogP contribution in [-0.2, 0) is 26.2 Å². The summed E-state index contributed by atoms with van der Waals surface area (Å²) in [5.41, 5.74) is 1.94. The molecule has 1 atom stereocenters. The number of aryl methyl sites for hydroxylation is 1. The molecule has 0 aliphatic carbocycles. The van der Waals surface area contributed by atoms with E-state index in [1.807, 2.05) is 26.8 Å². The Kier molecular flexibility index (Phi) is 10.9. The second kappa shape index (κ2) is 14.1. The third kappa shape index (κ3) is 7.83. The van der Waals surface area contributed by atoms with Gasteiger partial charge >= 0.3 is 0 Å². The highest BCUT2D eigenvalue weighted by atomic mass is 35.5. The normalized spacial score (nSPS) is 12.0. The fourth-order valence-electron chi connectivity index (χ4n) is 4.20. The number of unbranched alkanes of at least 4 members (excludes halogenated alkanes) is 1. The van der Waals surface area contributed by atoms with Crippen molar-refractivity contribution >= 4 is 39.1 Å². The zero-order valence-corrected chi connectivity index (χ0v) is 24.2. The average molecular weight is 570 g/mol. The van der Waals surface area contributed by atoms with Crippen LogP contribution in [0.2, 0.25) is 5.02 Å². The van der Waals surface area contributed by atoms with Gasteiger partial charge < -0.3 is 10.2 Å². The number of carbonyl (C=O) groups is 2. The van der Waals surface area contributed by atoms with Crippen molar-refractivity contribution in [2.45, 2.75) is 57.5 Å². The van der Waals surface area contributed by atoms with E-state index >= 15 is 0 Å². The van der Waals surface area contributed by atoms with E-state index in [2.05, 4.69) is 5.32 Å². The van der Waals surface area contributed by atoms with Crippen LogP contribution in [0.4, 0.5) is 5.69 Å². The summed E-state index contributed by atoms with van der Waals surface area (Å²) in [6, 6.07) is 21.3. The summed E-state index contributed by atoms with van der Waals surface area (Å²) in [4.78, 5) is 28.7. The molecule has 3 rings (SSSR count). The predicted octanol–water partition coefficient (Wildman–Crippen LogP) is 5.57. The molecule has 0 unspecified atom stereocenters. The number of amides is 2. The zero-order chi connectivity index (χ0) is 28.4. The van der Waals surface area contributed by atoms with Gasteiger partial charge in [0.05, 0.1) is 10.6 Å². The van der Waals surface area contributed by atoms with E-state index in [1.54, 1.807) is 60.7 Å². The molecule has 2 amide bonds. The lowest BCUT2D eigenvalue weighted by atomic mass is 10.1. The molecule has 3 aromatic carbocycles. The monoisotopic (exact) mass is 569 g/mol. The summed E-state index contributed by atoms with van der Waals surface area (Å²) >= 11 is 6.43. The van der Waals surface area contributed by atoms with Gasteiger partial charge in [0, 0.05) is 18.1 Å². The predicted molar refractivity (Wildman–Crippen MR) is 156 cm³/mol. The highest BCUT2D eigenvalue weighted by Gasteiger charge is 2.33. The van der Waals surface area contributed by atoms with Crippen LogP contribution in [0.25, 0.3) is 0 Å². The van der Waals surface area contributed by atoms with Gasteiger partial charge in [0.2, 0.25) is 11.8 Å². The Morgan fingerprint density at radius 2 is 1.56 bits per heavy atom. The van der Waals surface area contributed by atoms with Crippen LogP contribution in [0.1, 0.15) is 44.2 Å². The molecule has 0 saturated heterocycles. The van der Waals surface area contributed by atoms with E-state index in [1.165, 1.54) is 17.0 Å². The van der Waals surface area contributed by atoms with Gasteiger partial charge in [0.25, 0.3) is 10.0 Å². The minimum atomic E-state index is -4.09. The minimum Gasteiger partial charge on any atom is -0.354 e. The summed E-state index contributed by atoms with van der Waals surface area (Å²) in [5, 5.41) is 3.38. The smallest absolute Gasteiger partial charge is 0.264 e. The maximum Gasteiger partial charge on any atom is 0.264 e. The Morgan fingerprint density at radius 1 is 0.923 bits per heavy atom. The first-order valence-corrected chi connectivity index (χ1v) is 15.0. The van der Waals surface area contributed by atoms with Gasteiger partial charge in [0.15, 0.2) is 0 Å². The molecule has 9 heteroatoms. The highest BCUT2D eigenvalue weighted by molar-refractivity contribution is 7.92. The van der Waals surface area contributed by atoms with Crippen molar-refractivity contribution in [3.05, 3.63) is 95.0 Å². The SMILES string of the molecule is CCCCNC(=O)[C@H](CC)N(Cc1ccccc1Cl)C(=O)CN(c1ccccc1)S(=O)(=O)c1ccc(C)cc1. The third-order valence-electron chi connectivity index (χ3n) is 6.45. The van der Waals surface area contributed by atoms with Crippen molar-refractivity contribution in [1.82, 2.24) is 10.2 Å². The molecule has 0 fully saturated rings. The number of carbonyl (C=O) groups excluding carboxylic acids is 2. The summed E-state index contributed by atoms with van der Waals surface area (Å²) in [6.07, 6.45) is 2.09. The van der Waals surface area contributed by atoms with Gasteiger partial charge in [-0.25, -0.2) is 8.42 Å². The molecule has 39 heavy (non-hydrogen) atoms. The van der Waals surface area contributed by atoms with E-state index in [0.717, 1.165) is 22.7 Å². The number of rotatable bonds is 13. The van der Waals surface area contributed by atoms with Crippen molar-refractivity contribution in [2.75, 3.05) is 17.4 Å². The summed E-state index contributed by atoms with van der Waals surface area (Å²) < 4.78 is 28.7. The van der Waals surface area contributed by atoms with Crippen molar-refractivity contribution in [1.29, 1.82) is 0 Å². The molecule has 3 aromatic rings. The van der Waals surface area contributed by atoms with E-state index < -0.39 is 28.5 Å². The molecular formula is C30H36ClN3O4S. The Labute approximate surface area is 236 Å². The van der Waals surface area contributed by atoms with Crippen LogP contribution in [0, 0.1) is 6.92 Å². The fraction of sp³-hybridized carbons (Fsp3) is 0.333. The molecule has 0 aromatic heterocycles. The maximum atomic E-state index is 14.0. The van der Waals surface area contributed by atoms with Gasteiger partial charge in [0.1, 0.15) is 12.6 Å². The second-order valence-corrected chi connectivity index (χ2v) is 11.6. The number of halogens is 1. The maximum absolute atomic E-state index is 14.0. The van der Waals surface area contributed by atoms with Gasteiger partial charge in [-0.15, -0.1) is 0 Å². The molecule has 0 spiro atoms. The molecule has 7 nitrogen and oxygen atoms in total. The van der Waals surface area contributed by atoms with Gasteiger partial charge in [-0.3, -0.25) is 13.9 Å². The van der Waals surface area contributed by atoms with Crippen LogP contribution in [0.15, 0.2) is 83.8 Å². The van der Waals surface area contributed by atoms with Crippen molar-refractivity contribution in [2.24, 2.45) is 0 Å². The topological polar surface area (TPSA) is 86.8 Å². The van der Waals surface area contributed by atoms with E-state index in [0.29, 0.717) is 29.2 Å². The number of benzene rings is 3. The largest absolute Gasteiger partial charge is 0.354 e. The van der Waals surface area contributed by atoms with Crippen molar-refractivity contribution in [3.63, 3.8) is 0 Å². The molecule has 0 aliphatic heterocycles. The third-order valence-corrected chi connectivity index (χ3v) is 8.60. The number of nitrogens with zero attached hydrogens (tertiary/aromatic N) is 2. The van der Waals surface area contributed by atoms with Crippen LogP contribution in [-0.4, -0.2) is 44.3 Å². The molecule has 0 heterocycles. The quantitative estimate of drug-likeness (QED) is 0.273. The second-order valence-electron chi connectivity index (χ2n) is 9.34. The molecule has 208 valence electrons. The van der Waals surface area contributed by atoms with Crippen LogP contribution < -0.4 is 9.62 Å². The average Bonchev–Trinajstić information content (AvgIpc) is 2.93. The van der Waals surface area contributed by atoms with Crippen LogP contribution in [0.5, 0.6) is 0 Å². The standard InChI is InChI=1S/C30H36ClN3O4S/c1-4-6-20-32-30(36)28(5-2)33(21-24-12-10-11-15-27(24)31)29(35)22-34(25-13-8-7-9-14-25)39(37,38)26-18-16-23(3)17-19-26/h7-19,28H,4-6,20-22H2,1-3H3,(H,32,36)/t28-/m0/s1. The number of para-hydroxylation sites is 1. The lowest BCUT2D eigenvalue weighted by Crippen LogP contribution is -2.52.